The molecule has 0 saturated carbocycles. The van der Waals surface area contributed by atoms with Crippen molar-refractivity contribution in [1.82, 2.24) is 14.9 Å². The van der Waals surface area contributed by atoms with Crippen LogP contribution in [-0.4, -0.2) is 40.0 Å². The molecule has 2 heterocycles. The summed E-state index contributed by atoms with van der Waals surface area (Å²) in [4.78, 5) is 41.1. The molecule has 1 aromatic heterocycles. The van der Waals surface area contributed by atoms with E-state index in [4.69, 9.17) is 16.3 Å². The van der Waals surface area contributed by atoms with Crippen LogP contribution in [0.1, 0.15) is 32.6 Å². The molecule has 1 saturated heterocycles. The van der Waals surface area contributed by atoms with Crippen molar-refractivity contribution in [2.75, 3.05) is 6.54 Å². The fraction of sp³-hybridized carbons (Fsp3) is 0.474. The van der Waals surface area contributed by atoms with E-state index in [9.17, 15) is 14.4 Å². The Balaban J connectivity index is 1.73. The molecule has 1 N–H and O–H groups in total. The molecule has 0 unspecified atom stereocenters. The highest BCUT2D eigenvalue weighted by atomic mass is 79.9. The second kappa shape index (κ2) is 9.15. The predicted molar refractivity (Wildman–Crippen MR) is 110 cm³/mol. The van der Waals surface area contributed by atoms with Crippen molar-refractivity contribution in [3.05, 3.63) is 38.3 Å². The summed E-state index contributed by atoms with van der Waals surface area (Å²) in [5, 5.41) is 4.01. The van der Waals surface area contributed by atoms with Crippen molar-refractivity contribution in [2.45, 2.75) is 51.3 Å². The third kappa shape index (κ3) is 4.79. The minimum absolute atomic E-state index is 0.0952. The van der Waals surface area contributed by atoms with Gasteiger partial charge in [0.05, 0.1) is 34.8 Å². The van der Waals surface area contributed by atoms with Crippen molar-refractivity contribution in [1.29, 1.82) is 0 Å². The Morgan fingerprint density at radius 2 is 2.21 bits per heavy atom. The Labute approximate surface area is 175 Å². The molecule has 9 heteroatoms. The first kappa shape index (κ1) is 21.0. The number of carbonyl (C=O) groups is 2. The molecular weight excluding hydrogens is 450 g/mol. The van der Waals surface area contributed by atoms with Gasteiger partial charge < -0.3 is 10.1 Å². The zero-order valence-corrected chi connectivity index (χ0v) is 17.8. The number of ketones is 1. The number of esters is 1. The van der Waals surface area contributed by atoms with E-state index in [1.54, 1.807) is 19.1 Å². The van der Waals surface area contributed by atoms with Gasteiger partial charge in [-0.25, -0.2) is 4.98 Å². The molecule has 3 rings (SSSR count). The molecular formula is C19H21BrClN3O4. The molecule has 2 atom stereocenters. The first-order valence-corrected chi connectivity index (χ1v) is 10.3. The van der Waals surface area contributed by atoms with Gasteiger partial charge in [0.25, 0.3) is 5.56 Å². The lowest BCUT2D eigenvalue weighted by Gasteiger charge is -2.31. The molecule has 1 aliphatic heterocycles. The molecule has 1 aromatic carbocycles. The number of rotatable bonds is 6. The average Bonchev–Trinajstić information content (AvgIpc) is 2.67. The highest BCUT2D eigenvalue weighted by molar-refractivity contribution is 9.10. The maximum absolute atomic E-state index is 12.7. The van der Waals surface area contributed by atoms with Gasteiger partial charge >= 0.3 is 5.97 Å². The van der Waals surface area contributed by atoms with Gasteiger partial charge in [-0.2, -0.15) is 0 Å². The monoisotopic (exact) mass is 469 g/mol. The second-order valence-corrected chi connectivity index (χ2v) is 8.05. The number of hydrogen-bond acceptors (Lipinski definition) is 6. The van der Waals surface area contributed by atoms with Crippen molar-refractivity contribution < 1.29 is 14.3 Å². The number of Topliss-reactive ketones (excluding diaryl/α,β-unsaturated/α-hetero) is 1. The normalized spacial score (nSPS) is 19.5. The topological polar surface area (TPSA) is 90.3 Å². The van der Waals surface area contributed by atoms with Crippen molar-refractivity contribution >= 4 is 50.2 Å². The summed E-state index contributed by atoms with van der Waals surface area (Å²) in [6.45, 7) is 2.41. The van der Waals surface area contributed by atoms with E-state index in [2.05, 4.69) is 26.2 Å². The highest BCUT2D eigenvalue weighted by Gasteiger charge is 2.29. The summed E-state index contributed by atoms with van der Waals surface area (Å²) in [5.41, 5.74) is 0.184. The van der Waals surface area contributed by atoms with Gasteiger partial charge in [-0.05, 0) is 47.4 Å². The molecule has 0 amide bonds. The lowest BCUT2D eigenvalue weighted by Crippen LogP contribution is -2.48. The van der Waals surface area contributed by atoms with Gasteiger partial charge in [0, 0.05) is 17.3 Å². The Hall–Kier alpha value is -1.77. The van der Waals surface area contributed by atoms with E-state index >= 15 is 0 Å². The summed E-state index contributed by atoms with van der Waals surface area (Å²) in [6, 6.07) is 2.97. The lowest BCUT2D eigenvalue weighted by molar-refractivity contribution is -0.152. The van der Waals surface area contributed by atoms with Gasteiger partial charge in [-0.1, -0.05) is 18.5 Å². The number of aromatic nitrogens is 2. The molecule has 1 aliphatic rings. The van der Waals surface area contributed by atoms with E-state index in [1.807, 2.05) is 0 Å². The van der Waals surface area contributed by atoms with Crippen LogP contribution < -0.4 is 10.9 Å². The number of piperidine rings is 1. The van der Waals surface area contributed by atoms with Crippen LogP contribution in [0.3, 0.4) is 0 Å². The predicted octanol–water partition coefficient (Wildman–Crippen LogP) is 2.85. The van der Waals surface area contributed by atoms with Gasteiger partial charge in [0.2, 0.25) is 0 Å². The Kier molecular flexibility index (Phi) is 6.85. The molecule has 150 valence electrons. The highest BCUT2D eigenvalue weighted by Crippen LogP contribution is 2.25. The van der Waals surface area contributed by atoms with Crippen LogP contribution in [0.2, 0.25) is 5.02 Å². The summed E-state index contributed by atoms with van der Waals surface area (Å²) < 4.78 is 7.39. The third-order valence-corrected chi connectivity index (χ3v) is 5.95. The molecule has 0 spiro atoms. The smallest absolute Gasteiger partial charge is 0.305 e. The first-order valence-electron chi connectivity index (χ1n) is 9.17. The number of ether oxygens (including phenoxy) is 1. The molecule has 0 bridgehead atoms. The van der Waals surface area contributed by atoms with Crippen LogP contribution in [0.15, 0.2) is 27.7 Å². The standard InChI is InChI=1S/C19H21BrClN3O4/c1-2-18(26)28-17-4-3-5-22-16(17)6-11(25)9-24-10-23-15-8-13(20)14(21)7-12(15)19(24)27/h7-8,10,16-17,22H,2-6,9H2,1H3/t16-,17+/m1/s1. The Morgan fingerprint density at radius 1 is 1.43 bits per heavy atom. The zero-order valence-electron chi connectivity index (χ0n) is 15.4. The van der Waals surface area contributed by atoms with Crippen LogP contribution in [0.25, 0.3) is 10.9 Å². The quantitative estimate of drug-likeness (QED) is 0.653. The van der Waals surface area contributed by atoms with Crippen LogP contribution in [0.5, 0.6) is 0 Å². The second-order valence-electron chi connectivity index (χ2n) is 6.79. The Bertz CT molecular complexity index is 962. The molecule has 7 nitrogen and oxygen atoms in total. The van der Waals surface area contributed by atoms with Crippen LogP contribution >= 0.6 is 27.5 Å². The molecule has 28 heavy (non-hydrogen) atoms. The van der Waals surface area contributed by atoms with Crippen LogP contribution in [-0.2, 0) is 20.9 Å². The number of benzene rings is 1. The maximum Gasteiger partial charge on any atom is 0.305 e. The van der Waals surface area contributed by atoms with E-state index in [1.165, 1.54) is 10.9 Å². The van der Waals surface area contributed by atoms with Crippen molar-refractivity contribution in [3.63, 3.8) is 0 Å². The number of nitrogens with one attached hydrogen (secondary N) is 1. The van der Waals surface area contributed by atoms with E-state index in [0.717, 1.165) is 19.4 Å². The number of nitrogens with zero attached hydrogens (tertiary/aromatic N) is 2. The van der Waals surface area contributed by atoms with Gasteiger partial charge in [0.15, 0.2) is 5.78 Å². The largest absolute Gasteiger partial charge is 0.461 e. The fourth-order valence-electron chi connectivity index (χ4n) is 3.29. The fourth-order valence-corrected chi connectivity index (χ4v) is 3.78. The van der Waals surface area contributed by atoms with Gasteiger partial charge in [-0.15, -0.1) is 0 Å². The minimum atomic E-state index is -0.326. The van der Waals surface area contributed by atoms with E-state index in [-0.39, 0.29) is 42.4 Å². The Morgan fingerprint density at radius 3 is 2.96 bits per heavy atom. The number of carbonyl (C=O) groups excluding carboxylic acids is 2. The van der Waals surface area contributed by atoms with Crippen LogP contribution in [0, 0.1) is 0 Å². The summed E-state index contributed by atoms with van der Waals surface area (Å²) in [7, 11) is 0. The zero-order chi connectivity index (χ0) is 20.3. The van der Waals surface area contributed by atoms with Crippen molar-refractivity contribution in [2.24, 2.45) is 0 Å². The molecule has 0 aliphatic carbocycles. The number of halogens is 2. The average molecular weight is 471 g/mol. The van der Waals surface area contributed by atoms with E-state index < -0.39 is 0 Å². The molecule has 1 fully saturated rings. The van der Waals surface area contributed by atoms with Crippen LogP contribution in [0.4, 0.5) is 0 Å². The van der Waals surface area contributed by atoms with E-state index in [0.29, 0.717) is 26.8 Å². The number of hydrogen-bond donors (Lipinski definition) is 1. The first-order chi connectivity index (χ1) is 13.4. The summed E-state index contributed by atoms with van der Waals surface area (Å²) in [5.74, 6) is -0.410. The molecule has 2 aromatic rings. The summed E-state index contributed by atoms with van der Waals surface area (Å²) >= 11 is 9.38. The SMILES string of the molecule is CCC(=O)O[C@H]1CCCN[C@@H]1CC(=O)Cn1cnc2cc(Br)c(Cl)cc2c1=O. The summed E-state index contributed by atoms with van der Waals surface area (Å²) in [6.07, 6.45) is 3.12. The van der Waals surface area contributed by atoms with Crippen molar-refractivity contribution in [3.8, 4) is 0 Å². The third-order valence-electron chi connectivity index (χ3n) is 4.75. The number of fused-ring (bicyclic) bond motifs is 1. The van der Waals surface area contributed by atoms with Gasteiger partial charge in [-0.3, -0.25) is 19.0 Å². The van der Waals surface area contributed by atoms with Gasteiger partial charge in [0.1, 0.15) is 6.10 Å². The lowest BCUT2D eigenvalue weighted by atomic mass is 9.96. The maximum atomic E-state index is 12.7. The minimum Gasteiger partial charge on any atom is -0.461 e. The molecule has 0 radical (unpaired) electrons.